The lowest BCUT2D eigenvalue weighted by molar-refractivity contribution is 0.1000. The van der Waals surface area contributed by atoms with Gasteiger partial charge in [-0.3, -0.25) is 4.79 Å². The fourth-order valence-electron chi connectivity index (χ4n) is 4.03. The Labute approximate surface area is 165 Å². The van der Waals surface area contributed by atoms with Gasteiger partial charge in [0.1, 0.15) is 0 Å². The molecule has 0 bridgehead atoms. The van der Waals surface area contributed by atoms with Crippen LogP contribution < -0.4 is 5.73 Å². The van der Waals surface area contributed by atoms with Crippen molar-refractivity contribution in [1.82, 2.24) is 9.80 Å². The summed E-state index contributed by atoms with van der Waals surface area (Å²) in [5, 5.41) is 1.78. The molecule has 0 spiro atoms. The van der Waals surface area contributed by atoms with Gasteiger partial charge in [-0.05, 0) is 48.1 Å². The lowest BCUT2D eigenvalue weighted by atomic mass is 9.88. The van der Waals surface area contributed by atoms with E-state index in [4.69, 9.17) is 18.0 Å². The maximum Gasteiger partial charge on any atom is 0.248 e. The molecule has 1 heterocycles. The number of nitrogens with zero attached hydrogens (tertiary/aromatic N) is 2. The van der Waals surface area contributed by atoms with Crippen molar-refractivity contribution in [1.29, 1.82) is 0 Å². The van der Waals surface area contributed by atoms with Gasteiger partial charge in [0.15, 0.2) is 0 Å². The molecule has 0 aromatic heterocycles. The molecular weight excluding hydrogens is 354 g/mol. The molecule has 1 aliphatic carbocycles. The number of carbonyl (C=O) groups is 1. The van der Waals surface area contributed by atoms with Crippen LogP contribution in [0.1, 0.15) is 39.5 Å². The van der Waals surface area contributed by atoms with E-state index >= 15 is 0 Å². The predicted octanol–water partition coefficient (Wildman–Crippen LogP) is 3.43. The number of nitrogens with two attached hydrogens (primary N) is 1. The second-order valence-corrected chi connectivity index (χ2v) is 7.47. The van der Waals surface area contributed by atoms with E-state index in [-0.39, 0.29) is 6.04 Å². The molecule has 27 heavy (non-hydrogen) atoms. The number of thiocarbonyl (C=S) groups is 1. The van der Waals surface area contributed by atoms with Crippen LogP contribution in [-0.2, 0) is 12.8 Å². The largest absolute Gasteiger partial charge is 0.366 e. The first-order valence-electron chi connectivity index (χ1n) is 9.27. The van der Waals surface area contributed by atoms with Crippen LogP contribution >= 0.6 is 12.2 Å². The number of rotatable bonds is 5. The fraction of sp³-hybridized carbons (Fsp3) is 0.273. The third-order valence-electron chi connectivity index (χ3n) is 5.59. The van der Waals surface area contributed by atoms with E-state index in [0.29, 0.717) is 11.6 Å². The highest BCUT2D eigenvalue weighted by molar-refractivity contribution is 7.79. The molecule has 2 N–H and O–H groups in total. The fourth-order valence-corrected chi connectivity index (χ4v) is 4.34. The van der Waals surface area contributed by atoms with E-state index in [0.717, 1.165) is 25.1 Å². The second kappa shape index (κ2) is 7.53. The van der Waals surface area contributed by atoms with Gasteiger partial charge in [0.05, 0.1) is 12.7 Å². The summed E-state index contributed by atoms with van der Waals surface area (Å²) in [6, 6.07) is 16.7. The van der Waals surface area contributed by atoms with Crippen molar-refractivity contribution in [2.24, 2.45) is 5.73 Å². The Morgan fingerprint density at radius 3 is 2.56 bits per heavy atom. The van der Waals surface area contributed by atoms with Crippen LogP contribution in [0.15, 0.2) is 60.9 Å². The van der Waals surface area contributed by atoms with Crippen LogP contribution in [0.25, 0.3) is 0 Å². The van der Waals surface area contributed by atoms with Crippen molar-refractivity contribution >= 4 is 23.5 Å². The molecule has 0 radical (unpaired) electrons. The molecule has 2 aromatic carbocycles. The van der Waals surface area contributed by atoms with E-state index in [2.05, 4.69) is 46.5 Å². The van der Waals surface area contributed by atoms with E-state index in [1.807, 2.05) is 12.1 Å². The number of fused-ring (bicyclic) bond motifs is 1. The summed E-state index contributed by atoms with van der Waals surface area (Å²) in [4.78, 5) is 15.9. The van der Waals surface area contributed by atoms with Crippen molar-refractivity contribution in [3.05, 3.63) is 83.2 Å². The van der Waals surface area contributed by atoms with Crippen LogP contribution in [-0.4, -0.2) is 33.8 Å². The number of aryl methyl sites for hydroxylation is 1. The summed E-state index contributed by atoms with van der Waals surface area (Å²) < 4.78 is 0. The zero-order valence-corrected chi connectivity index (χ0v) is 15.9. The molecule has 2 atom stereocenters. The maximum atomic E-state index is 11.3. The number of benzene rings is 2. The van der Waals surface area contributed by atoms with Crippen molar-refractivity contribution < 1.29 is 4.79 Å². The smallest absolute Gasteiger partial charge is 0.248 e. The van der Waals surface area contributed by atoms with Gasteiger partial charge >= 0.3 is 0 Å². The molecule has 2 aromatic rings. The van der Waals surface area contributed by atoms with Crippen molar-refractivity contribution in [2.75, 3.05) is 6.67 Å². The minimum absolute atomic E-state index is 0.000877. The van der Waals surface area contributed by atoms with E-state index < -0.39 is 5.91 Å². The number of carbonyl (C=O) groups excluding carboxylic acids is 1. The van der Waals surface area contributed by atoms with Gasteiger partial charge in [0.25, 0.3) is 0 Å². The van der Waals surface area contributed by atoms with E-state index in [1.165, 1.54) is 17.5 Å². The zero-order chi connectivity index (χ0) is 18.8. The first kappa shape index (κ1) is 17.7. The van der Waals surface area contributed by atoms with Gasteiger partial charge in [-0.1, -0.05) is 48.6 Å². The van der Waals surface area contributed by atoms with Gasteiger partial charge in [0.2, 0.25) is 5.91 Å². The Kier molecular flexibility index (Phi) is 4.94. The molecule has 0 saturated carbocycles. The topological polar surface area (TPSA) is 49.6 Å². The molecule has 0 fully saturated rings. The average molecular weight is 378 g/mol. The second-order valence-electron chi connectivity index (χ2n) is 7.20. The summed E-state index contributed by atoms with van der Waals surface area (Å²) in [6.07, 6.45) is 7.70. The Morgan fingerprint density at radius 2 is 1.85 bits per heavy atom. The van der Waals surface area contributed by atoms with Crippen LogP contribution in [0.5, 0.6) is 0 Å². The number of hydrogen-bond donors (Lipinski definition) is 1. The first-order valence-corrected chi connectivity index (χ1v) is 9.74. The molecule has 138 valence electrons. The lowest BCUT2D eigenvalue weighted by Gasteiger charge is -2.35. The Hall–Kier alpha value is -2.66. The first-order chi connectivity index (χ1) is 13.2. The lowest BCUT2D eigenvalue weighted by Crippen LogP contribution is -2.38. The predicted molar refractivity (Wildman–Crippen MR) is 111 cm³/mol. The molecule has 4 nitrogen and oxygen atoms in total. The van der Waals surface area contributed by atoms with Crippen LogP contribution in [0, 0.1) is 0 Å². The Bertz CT molecular complexity index is 877. The summed E-state index contributed by atoms with van der Waals surface area (Å²) in [5.74, 6) is -0.412. The summed E-state index contributed by atoms with van der Waals surface area (Å²) in [6.45, 7) is 0.822. The monoisotopic (exact) mass is 377 g/mol. The average Bonchev–Trinajstić information content (AvgIpc) is 3.18. The molecular formula is C22H23N3OS. The van der Waals surface area contributed by atoms with Gasteiger partial charge in [-0.2, -0.15) is 0 Å². The highest BCUT2D eigenvalue weighted by Crippen LogP contribution is 2.29. The van der Waals surface area contributed by atoms with Crippen LogP contribution in [0.3, 0.4) is 0 Å². The van der Waals surface area contributed by atoms with Crippen molar-refractivity contribution in [3.8, 4) is 0 Å². The van der Waals surface area contributed by atoms with Crippen molar-refractivity contribution in [3.63, 3.8) is 0 Å². The molecule has 2 unspecified atom stereocenters. The maximum absolute atomic E-state index is 11.3. The molecule has 4 rings (SSSR count). The normalized spacial score (nSPS) is 19.6. The Balaban J connectivity index is 1.45. The van der Waals surface area contributed by atoms with Gasteiger partial charge in [-0.15, -0.1) is 0 Å². The molecule has 0 saturated heterocycles. The van der Waals surface area contributed by atoms with Crippen molar-refractivity contribution in [2.45, 2.75) is 31.3 Å². The highest BCUT2D eigenvalue weighted by Gasteiger charge is 2.28. The highest BCUT2D eigenvalue weighted by atomic mass is 32.1. The number of amides is 1. The quantitative estimate of drug-likeness (QED) is 0.811. The summed E-state index contributed by atoms with van der Waals surface area (Å²) in [7, 11) is 0. The molecule has 5 heteroatoms. The molecule has 2 aliphatic rings. The van der Waals surface area contributed by atoms with Crippen LogP contribution in [0.4, 0.5) is 0 Å². The molecule has 1 aliphatic heterocycles. The third-order valence-corrected chi connectivity index (χ3v) is 5.85. The summed E-state index contributed by atoms with van der Waals surface area (Å²) in [5.41, 5.74) is 9.87. The standard InChI is InChI=1S/C22H23N3OS/c23-22(26)18-7-5-17(6-8-18)21(14-27)25-12-11-24(15-25)20-10-9-16-3-1-2-4-19(16)13-20/h1-8,11-12,14,20-21H,9-10,13,15H2,(H2,23,26). The number of primary amides is 1. The van der Waals surface area contributed by atoms with Gasteiger partial charge in [0, 0.05) is 29.4 Å². The van der Waals surface area contributed by atoms with Gasteiger partial charge in [-0.25, -0.2) is 0 Å². The minimum atomic E-state index is -0.412. The van der Waals surface area contributed by atoms with Crippen LogP contribution in [0.2, 0.25) is 0 Å². The summed E-state index contributed by atoms with van der Waals surface area (Å²) >= 11 is 5.31. The van der Waals surface area contributed by atoms with E-state index in [1.54, 1.807) is 17.5 Å². The zero-order valence-electron chi connectivity index (χ0n) is 15.1. The van der Waals surface area contributed by atoms with E-state index in [9.17, 15) is 4.79 Å². The molecule has 1 amide bonds. The SMILES string of the molecule is NC(=O)c1ccc(C(C=S)N2C=CN(C3CCc4ccccc4C3)C2)cc1. The van der Waals surface area contributed by atoms with Gasteiger partial charge < -0.3 is 15.5 Å². The Morgan fingerprint density at radius 1 is 1.11 bits per heavy atom. The minimum Gasteiger partial charge on any atom is -0.366 e. The third kappa shape index (κ3) is 3.60. The number of hydrogen-bond acceptors (Lipinski definition) is 4.